The molecule has 0 heterocycles. The number of carbonyl (C=O) groups excluding carboxylic acids is 2. The SMILES string of the molecule is COC(=O)c1cc(CC(=O)N(C)C)c(OC)c(OC)c1. The first-order valence-corrected chi connectivity index (χ1v) is 5.98. The molecule has 0 aliphatic rings. The molecule has 0 fully saturated rings. The van der Waals surface area contributed by atoms with Gasteiger partial charge in [0.2, 0.25) is 5.91 Å². The summed E-state index contributed by atoms with van der Waals surface area (Å²) in [5.41, 5.74) is 0.887. The van der Waals surface area contributed by atoms with Gasteiger partial charge in [-0.3, -0.25) is 4.79 Å². The van der Waals surface area contributed by atoms with E-state index in [2.05, 4.69) is 4.74 Å². The van der Waals surface area contributed by atoms with Crippen molar-refractivity contribution in [2.45, 2.75) is 6.42 Å². The number of hydrogen-bond donors (Lipinski definition) is 0. The minimum absolute atomic E-state index is 0.104. The zero-order chi connectivity index (χ0) is 15.3. The molecule has 0 bridgehead atoms. The van der Waals surface area contributed by atoms with Crippen LogP contribution in [-0.4, -0.2) is 52.2 Å². The van der Waals surface area contributed by atoms with Gasteiger partial charge in [-0.25, -0.2) is 4.79 Å². The molecule has 6 heteroatoms. The molecule has 0 saturated heterocycles. The van der Waals surface area contributed by atoms with Gasteiger partial charge in [-0.2, -0.15) is 0 Å². The Morgan fingerprint density at radius 2 is 1.75 bits per heavy atom. The summed E-state index contributed by atoms with van der Waals surface area (Å²) in [4.78, 5) is 25.0. The summed E-state index contributed by atoms with van der Waals surface area (Å²) in [7, 11) is 7.58. The number of carbonyl (C=O) groups is 2. The summed E-state index contributed by atoms with van der Waals surface area (Å²) in [6, 6.07) is 3.10. The van der Waals surface area contributed by atoms with E-state index in [9.17, 15) is 9.59 Å². The highest BCUT2D eigenvalue weighted by Gasteiger charge is 2.19. The van der Waals surface area contributed by atoms with Crippen LogP contribution in [0.4, 0.5) is 0 Å². The Labute approximate surface area is 118 Å². The molecule has 1 aromatic rings. The Morgan fingerprint density at radius 3 is 2.20 bits per heavy atom. The average molecular weight is 281 g/mol. The van der Waals surface area contributed by atoms with Crippen LogP contribution >= 0.6 is 0 Å². The van der Waals surface area contributed by atoms with Crippen LogP contribution in [0, 0.1) is 0 Å². The lowest BCUT2D eigenvalue weighted by atomic mass is 10.0. The van der Waals surface area contributed by atoms with Gasteiger partial charge in [0, 0.05) is 19.7 Å². The minimum atomic E-state index is -0.496. The molecule has 6 nitrogen and oxygen atoms in total. The maximum Gasteiger partial charge on any atom is 0.337 e. The van der Waals surface area contributed by atoms with Gasteiger partial charge in [0.05, 0.1) is 33.3 Å². The highest BCUT2D eigenvalue weighted by atomic mass is 16.5. The monoisotopic (exact) mass is 281 g/mol. The molecule has 0 aliphatic carbocycles. The number of benzene rings is 1. The summed E-state index contributed by atoms with van der Waals surface area (Å²) in [6.07, 6.45) is 0.108. The fourth-order valence-electron chi connectivity index (χ4n) is 1.73. The number of likely N-dealkylation sites (N-methyl/N-ethyl adjacent to an activating group) is 1. The minimum Gasteiger partial charge on any atom is -0.493 e. The molecule has 1 amide bonds. The third-order valence-electron chi connectivity index (χ3n) is 2.82. The van der Waals surface area contributed by atoms with E-state index >= 15 is 0 Å². The molecule has 20 heavy (non-hydrogen) atoms. The van der Waals surface area contributed by atoms with Gasteiger partial charge >= 0.3 is 5.97 Å². The zero-order valence-corrected chi connectivity index (χ0v) is 12.4. The number of nitrogens with zero attached hydrogens (tertiary/aromatic N) is 1. The predicted molar refractivity (Wildman–Crippen MR) is 73.3 cm³/mol. The predicted octanol–water partition coefficient (Wildman–Crippen LogP) is 1.12. The summed E-state index contributed by atoms with van der Waals surface area (Å²) in [5.74, 6) is 0.226. The lowest BCUT2D eigenvalue weighted by Gasteiger charge is -2.16. The number of ether oxygens (including phenoxy) is 3. The van der Waals surface area contributed by atoms with Gasteiger partial charge < -0.3 is 19.1 Å². The Kier molecular flexibility index (Phi) is 5.37. The van der Waals surface area contributed by atoms with Crippen molar-refractivity contribution in [1.29, 1.82) is 0 Å². The number of rotatable bonds is 5. The summed E-state index contributed by atoms with van der Waals surface area (Å²) in [6.45, 7) is 0. The second kappa shape index (κ2) is 6.79. The lowest BCUT2D eigenvalue weighted by Crippen LogP contribution is -2.24. The smallest absolute Gasteiger partial charge is 0.337 e. The van der Waals surface area contributed by atoms with E-state index in [1.54, 1.807) is 20.2 Å². The quantitative estimate of drug-likeness (QED) is 0.757. The first-order chi connectivity index (χ1) is 9.44. The Balaban J connectivity index is 3.30. The molecule has 0 aromatic heterocycles. The van der Waals surface area contributed by atoms with Crippen molar-refractivity contribution < 1.29 is 23.8 Å². The van der Waals surface area contributed by atoms with Crippen molar-refractivity contribution in [2.24, 2.45) is 0 Å². The Morgan fingerprint density at radius 1 is 1.10 bits per heavy atom. The van der Waals surface area contributed by atoms with Crippen LogP contribution in [0.2, 0.25) is 0 Å². The van der Waals surface area contributed by atoms with Crippen molar-refractivity contribution in [3.8, 4) is 11.5 Å². The van der Waals surface area contributed by atoms with Crippen LogP contribution in [0.25, 0.3) is 0 Å². The van der Waals surface area contributed by atoms with Crippen LogP contribution in [0.15, 0.2) is 12.1 Å². The highest BCUT2D eigenvalue weighted by molar-refractivity contribution is 5.91. The van der Waals surface area contributed by atoms with Crippen molar-refractivity contribution in [2.75, 3.05) is 35.4 Å². The molecular formula is C14H19NO5. The third kappa shape index (κ3) is 3.40. The summed E-state index contributed by atoms with van der Waals surface area (Å²) >= 11 is 0. The molecule has 0 spiro atoms. The maximum absolute atomic E-state index is 11.8. The highest BCUT2D eigenvalue weighted by Crippen LogP contribution is 2.33. The second-order valence-electron chi connectivity index (χ2n) is 4.33. The van der Waals surface area contributed by atoms with Gasteiger partial charge in [-0.05, 0) is 12.1 Å². The van der Waals surface area contributed by atoms with Crippen LogP contribution in [-0.2, 0) is 16.0 Å². The second-order valence-corrected chi connectivity index (χ2v) is 4.33. The summed E-state index contributed by atoms with van der Waals surface area (Å²) in [5, 5.41) is 0. The van der Waals surface area contributed by atoms with E-state index in [0.29, 0.717) is 22.6 Å². The molecule has 1 aromatic carbocycles. The fraction of sp³-hybridized carbons (Fsp3) is 0.429. The van der Waals surface area contributed by atoms with Gasteiger partial charge in [-0.1, -0.05) is 0 Å². The molecule has 0 N–H and O–H groups in total. The van der Waals surface area contributed by atoms with Gasteiger partial charge in [0.25, 0.3) is 0 Å². The third-order valence-corrected chi connectivity index (χ3v) is 2.82. The maximum atomic E-state index is 11.8. The molecule has 0 aliphatic heterocycles. The largest absolute Gasteiger partial charge is 0.493 e. The van der Waals surface area contributed by atoms with Crippen molar-refractivity contribution in [3.05, 3.63) is 23.3 Å². The molecule has 1 rings (SSSR count). The normalized spacial score (nSPS) is 9.85. The van der Waals surface area contributed by atoms with Gasteiger partial charge in [-0.15, -0.1) is 0 Å². The fourth-order valence-corrected chi connectivity index (χ4v) is 1.73. The topological polar surface area (TPSA) is 65.1 Å². The Hall–Kier alpha value is -2.24. The zero-order valence-electron chi connectivity index (χ0n) is 12.4. The van der Waals surface area contributed by atoms with E-state index < -0.39 is 5.97 Å². The van der Waals surface area contributed by atoms with Crippen molar-refractivity contribution in [1.82, 2.24) is 4.90 Å². The molecule has 0 radical (unpaired) electrons. The standard InChI is InChI=1S/C14H19NO5/c1-15(2)12(16)8-9-6-10(14(17)20-5)7-11(18-3)13(9)19-4/h6-7H,8H2,1-5H3. The van der Waals surface area contributed by atoms with E-state index in [4.69, 9.17) is 9.47 Å². The molecule has 110 valence electrons. The van der Waals surface area contributed by atoms with Crippen molar-refractivity contribution in [3.63, 3.8) is 0 Å². The Bertz CT molecular complexity index is 511. The van der Waals surface area contributed by atoms with E-state index in [1.807, 2.05) is 0 Å². The number of amides is 1. The van der Waals surface area contributed by atoms with E-state index in [1.165, 1.54) is 32.3 Å². The van der Waals surface area contributed by atoms with Crippen LogP contribution < -0.4 is 9.47 Å². The number of hydrogen-bond acceptors (Lipinski definition) is 5. The van der Waals surface area contributed by atoms with Crippen LogP contribution in [0.3, 0.4) is 0 Å². The number of methoxy groups -OCH3 is 3. The molecule has 0 atom stereocenters. The number of esters is 1. The van der Waals surface area contributed by atoms with E-state index in [0.717, 1.165) is 0 Å². The van der Waals surface area contributed by atoms with Crippen LogP contribution in [0.5, 0.6) is 11.5 Å². The van der Waals surface area contributed by atoms with Crippen LogP contribution in [0.1, 0.15) is 15.9 Å². The molecule has 0 unspecified atom stereocenters. The lowest BCUT2D eigenvalue weighted by molar-refractivity contribution is -0.127. The average Bonchev–Trinajstić information content (AvgIpc) is 2.45. The van der Waals surface area contributed by atoms with Gasteiger partial charge in [0.1, 0.15) is 0 Å². The molecule has 0 saturated carbocycles. The first-order valence-electron chi connectivity index (χ1n) is 5.98. The summed E-state index contributed by atoms with van der Waals surface area (Å²) < 4.78 is 15.2. The first kappa shape index (κ1) is 15.8. The van der Waals surface area contributed by atoms with Crippen molar-refractivity contribution >= 4 is 11.9 Å². The molecular weight excluding hydrogens is 262 g/mol. The van der Waals surface area contributed by atoms with Gasteiger partial charge in [0.15, 0.2) is 11.5 Å². The van der Waals surface area contributed by atoms with E-state index in [-0.39, 0.29) is 12.3 Å².